The summed E-state index contributed by atoms with van der Waals surface area (Å²) in [5, 5.41) is 1.66. The van der Waals surface area contributed by atoms with E-state index in [1.807, 2.05) is 33.7 Å². The van der Waals surface area contributed by atoms with E-state index < -0.39 is 0 Å². The van der Waals surface area contributed by atoms with Gasteiger partial charge in [0.2, 0.25) is 0 Å². The minimum absolute atomic E-state index is 0.186. The fourth-order valence-electron chi connectivity index (χ4n) is 2.15. The molecule has 2 heterocycles. The van der Waals surface area contributed by atoms with Gasteiger partial charge in [-0.1, -0.05) is 40.9 Å². The van der Waals surface area contributed by atoms with Crippen molar-refractivity contribution in [2.45, 2.75) is 46.5 Å². The summed E-state index contributed by atoms with van der Waals surface area (Å²) < 4.78 is 0.186. The van der Waals surface area contributed by atoms with Gasteiger partial charge in [0, 0.05) is 24.8 Å². The molecular weight excluding hydrogens is 352 g/mol. The quantitative estimate of drug-likeness (QED) is 0.396. The van der Waals surface area contributed by atoms with Crippen LogP contribution >= 0.6 is 43.2 Å². The zero-order chi connectivity index (χ0) is 15.1. The molecule has 0 aliphatic heterocycles. The molecule has 116 valence electrons. The van der Waals surface area contributed by atoms with Crippen LogP contribution in [0.25, 0.3) is 0 Å². The smallest absolute Gasteiger partial charge is 0.198 e. The highest BCUT2D eigenvalue weighted by Crippen LogP contribution is 2.58. The van der Waals surface area contributed by atoms with Crippen LogP contribution in [0.15, 0.2) is 47.2 Å². The van der Waals surface area contributed by atoms with Crippen molar-refractivity contribution >= 4 is 43.2 Å². The highest BCUT2D eigenvalue weighted by Gasteiger charge is 2.35. The third kappa shape index (κ3) is 4.78. The zero-order valence-corrected chi connectivity index (χ0v) is 15.2. The molecule has 2 aromatic heterocycles. The standard InChI is InChI=1S/C14H16N4S4/c1-2-6-14(7-3-1,21-19-12-15-8-4-9-16-12)22-20-13-17-10-5-11-18-13/h4-5,8-11H,1-3,6-7H2. The van der Waals surface area contributed by atoms with Gasteiger partial charge >= 0.3 is 0 Å². The monoisotopic (exact) mass is 368 g/mol. The SMILES string of the molecule is c1cnc(SSC2(SSc3ncccn3)CCCCC2)nc1. The normalized spacial score (nSPS) is 17.3. The molecule has 2 aromatic rings. The topological polar surface area (TPSA) is 51.6 Å². The van der Waals surface area contributed by atoms with Gasteiger partial charge in [0.05, 0.1) is 4.08 Å². The van der Waals surface area contributed by atoms with Crippen LogP contribution in [0.2, 0.25) is 0 Å². The first-order valence-electron chi connectivity index (χ1n) is 7.12. The molecule has 0 amide bonds. The Balaban J connectivity index is 1.62. The Morgan fingerprint density at radius 3 is 1.59 bits per heavy atom. The van der Waals surface area contributed by atoms with Crippen LogP contribution in [-0.4, -0.2) is 24.0 Å². The van der Waals surface area contributed by atoms with E-state index in [1.54, 1.807) is 46.4 Å². The predicted octanol–water partition coefficient (Wildman–Crippen LogP) is 5.11. The Kier molecular flexibility index (Phi) is 6.29. The van der Waals surface area contributed by atoms with Crippen molar-refractivity contribution in [1.82, 2.24) is 19.9 Å². The molecule has 1 aliphatic carbocycles. The molecule has 1 saturated carbocycles. The van der Waals surface area contributed by atoms with Gasteiger partial charge in [-0.25, -0.2) is 19.9 Å². The molecule has 1 aliphatic rings. The van der Waals surface area contributed by atoms with Gasteiger partial charge in [0.15, 0.2) is 10.3 Å². The first kappa shape index (κ1) is 16.4. The summed E-state index contributed by atoms with van der Waals surface area (Å²) in [6.45, 7) is 0. The van der Waals surface area contributed by atoms with E-state index in [0.29, 0.717) is 0 Å². The molecule has 4 nitrogen and oxygen atoms in total. The first-order valence-corrected chi connectivity index (χ1v) is 11.4. The molecule has 0 saturated heterocycles. The van der Waals surface area contributed by atoms with Gasteiger partial charge in [-0.15, -0.1) is 0 Å². The maximum atomic E-state index is 4.30. The number of hydrogen-bond acceptors (Lipinski definition) is 8. The summed E-state index contributed by atoms with van der Waals surface area (Å²) in [6, 6.07) is 3.70. The lowest BCUT2D eigenvalue weighted by atomic mass is 10.00. The lowest BCUT2D eigenvalue weighted by molar-refractivity contribution is 0.494. The Hall–Kier alpha value is -0.440. The maximum absolute atomic E-state index is 4.30. The molecule has 0 radical (unpaired) electrons. The highest BCUT2D eigenvalue weighted by atomic mass is 33.1. The van der Waals surface area contributed by atoms with E-state index in [1.165, 1.54) is 32.1 Å². The molecule has 0 aromatic carbocycles. The summed E-state index contributed by atoms with van der Waals surface area (Å²) >= 11 is 0. The van der Waals surface area contributed by atoms with Crippen molar-refractivity contribution in [3.63, 3.8) is 0 Å². The molecular formula is C14H16N4S4. The van der Waals surface area contributed by atoms with Gasteiger partial charge in [-0.3, -0.25) is 0 Å². The fraction of sp³-hybridized carbons (Fsp3) is 0.429. The second kappa shape index (κ2) is 8.42. The van der Waals surface area contributed by atoms with E-state index in [2.05, 4.69) is 19.9 Å². The van der Waals surface area contributed by atoms with Crippen molar-refractivity contribution < 1.29 is 0 Å². The molecule has 1 fully saturated rings. The fourth-order valence-corrected chi connectivity index (χ4v) is 8.53. The van der Waals surface area contributed by atoms with Crippen molar-refractivity contribution in [1.29, 1.82) is 0 Å². The summed E-state index contributed by atoms with van der Waals surface area (Å²) in [6.07, 6.45) is 13.5. The molecule has 8 heteroatoms. The first-order chi connectivity index (χ1) is 10.9. The summed E-state index contributed by atoms with van der Waals surface area (Å²) in [5.74, 6) is 0. The summed E-state index contributed by atoms with van der Waals surface area (Å²) in [5.41, 5.74) is 0. The van der Waals surface area contributed by atoms with Gasteiger partial charge < -0.3 is 0 Å². The van der Waals surface area contributed by atoms with Gasteiger partial charge in [-0.05, 0) is 46.6 Å². The van der Waals surface area contributed by atoms with E-state index in [4.69, 9.17) is 0 Å². The number of nitrogens with zero attached hydrogens (tertiary/aromatic N) is 4. The Bertz CT molecular complexity index is 518. The molecule has 22 heavy (non-hydrogen) atoms. The number of rotatable bonds is 6. The van der Waals surface area contributed by atoms with Gasteiger partial charge in [0.25, 0.3) is 0 Å². The van der Waals surface area contributed by atoms with Crippen LogP contribution in [-0.2, 0) is 0 Å². The predicted molar refractivity (Wildman–Crippen MR) is 96.8 cm³/mol. The third-order valence-corrected chi connectivity index (χ3v) is 9.99. The minimum Gasteiger partial charge on any atom is -0.230 e. The van der Waals surface area contributed by atoms with Crippen molar-refractivity contribution in [3.05, 3.63) is 36.9 Å². The van der Waals surface area contributed by atoms with Crippen molar-refractivity contribution in [2.24, 2.45) is 0 Å². The van der Waals surface area contributed by atoms with Crippen LogP contribution in [0.3, 0.4) is 0 Å². The third-order valence-electron chi connectivity index (χ3n) is 3.24. The zero-order valence-electron chi connectivity index (χ0n) is 11.9. The average molecular weight is 369 g/mol. The lowest BCUT2D eigenvalue weighted by Crippen LogP contribution is -2.21. The average Bonchev–Trinajstić information content (AvgIpc) is 2.61. The van der Waals surface area contributed by atoms with Gasteiger partial charge in [0.1, 0.15) is 0 Å². The number of aromatic nitrogens is 4. The van der Waals surface area contributed by atoms with Crippen LogP contribution < -0.4 is 0 Å². The second-order valence-electron chi connectivity index (χ2n) is 4.87. The van der Waals surface area contributed by atoms with Crippen LogP contribution in [0.5, 0.6) is 0 Å². The lowest BCUT2D eigenvalue weighted by Gasteiger charge is -2.34. The van der Waals surface area contributed by atoms with E-state index in [9.17, 15) is 0 Å². The van der Waals surface area contributed by atoms with E-state index >= 15 is 0 Å². The molecule has 0 unspecified atom stereocenters. The molecule has 0 bridgehead atoms. The highest BCUT2D eigenvalue weighted by molar-refractivity contribution is 8.85. The largest absolute Gasteiger partial charge is 0.230 e. The second-order valence-corrected chi connectivity index (χ2v) is 10.1. The Labute approximate surface area is 146 Å². The van der Waals surface area contributed by atoms with Crippen molar-refractivity contribution in [3.8, 4) is 0 Å². The van der Waals surface area contributed by atoms with Crippen LogP contribution in [0.1, 0.15) is 32.1 Å². The van der Waals surface area contributed by atoms with Crippen molar-refractivity contribution in [2.75, 3.05) is 0 Å². The van der Waals surface area contributed by atoms with E-state index in [0.717, 1.165) is 10.3 Å². The molecule has 0 atom stereocenters. The summed E-state index contributed by atoms with van der Waals surface area (Å²) in [7, 11) is 7.15. The number of hydrogen-bond donors (Lipinski definition) is 0. The molecule has 0 N–H and O–H groups in total. The maximum Gasteiger partial charge on any atom is 0.198 e. The van der Waals surface area contributed by atoms with Crippen LogP contribution in [0, 0.1) is 0 Å². The van der Waals surface area contributed by atoms with Gasteiger partial charge in [-0.2, -0.15) is 0 Å². The molecule has 0 spiro atoms. The molecule has 3 rings (SSSR count). The van der Waals surface area contributed by atoms with E-state index in [-0.39, 0.29) is 4.08 Å². The van der Waals surface area contributed by atoms with Crippen LogP contribution in [0.4, 0.5) is 0 Å². The summed E-state index contributed by atoms with van der Waals surface area (Å²) in [4.78, 5) is 17.2. The Morgan fingerprint density at radius 2 is 1.14 bits per heavy atom. The minimum atomic E-state index is 0.186. The Morgan fingerprint density at radius 1 is 0.682 bits per heavy atom.